The minimum Gasteiger partial charge on any atom is -0.468 e. The number of amides is 1. The van der Waals surface area contributed by atoms with E-state index in [0.29, 0.717) is 11.3 Å². The van der Waals surface area contributed by atoms with Crippen molar-refractivity contribution >= 4 is 15.9 Å². The van der Waals surface area contributed by atoms with Gasteiger partial charge in [-0.2, -0.15) is 4.31 Å². The fourth-order valence-corrected chi connectivity index (χ4v) is 2.89. The van der Waals surface area contributed by atoms with Crippen molar-refractivity contribution in [2.24, 2.45) is 0 Å². The summed E-state index contributed by atoms with van der Waals surface area (Å²) in [6.45, 7) is 0.419. The highest BCUT2D eigenvalue weighted by molar-refractivity contribution is 7.88. The Kier molecular flexibility index (Phi) is 6.10. The predicted molar refractivity (Wildman–Crippen MR) is 87.1 cm³/mol. The lowest BCUT2D eigenvalue weighted by Gasteiger charge is -2.19. The average molecular weight is 354 g/mol. The number of furan rings is 1. The lowest BCUT2D eigenvalue weighted by molar-refractivity contribution is -0.120. The summed E-state index contributed by atoms with van der Waals surface area (Å²) in [7, 11) is -3.42. The van der Waals surface area contributed by atoms with Crippen molar-refractivity contribution in [3.05, 3.63) is 59.8 Å². The topological polar surface area (TPSA) is 79.6 Å². The van der Waals surface area contributed by atoms with Crippen molar-refractivity contribution in [2.75, 3.05) is 19.3 Å². The molecule has 0 aliphatic rings. The number of benzene rings is 1. The Labute approximate surface area is 140 Å². The summed E-state index contributed by atoms with van der Waals surface area (Å²) < 4.78 is 42.8. The van der Waals surface area contributed by atoms with E-state index in [1.165, 1.54) is 34.8 Å². The number of carbonyl (C=O) groups excluding carboxylic acids is 1. The first-order valence-corrected chi connectivity index (χ1v) is 9.18. The minimum absolute atomic E-state index is 0.108. The molecule has 0 fully saturated rings. The summed E-state index contributed by atoms with van der Waals surface area (Å²) in [5, 5.41) is 2.66. The molecule has 0 spiro atoms. The van der Waals surface area contributed by atoms with E-state index in [9.17, 15) is 17.6 Å². The molecule has 1 heterocycles. The van der Waals surface area contributed by atoms with Crippen molar-refractivity contribution in [3.63, 3.8) is 0 Å². The second-order valence-electron chi connectivity index (χ2n) is 5.33. The van der Waals surface area contributed by atoms with E-state index < -0.39 is 10.0 Å². The third-order valence-electron chi connectivity index (χ3n) is 3.34. The summed E-state index contributed by atoms with van der Waals surface area (Å²) in [5.74, 6) is -0.0907. The molecule has 0 radical (unpaired) electrons. The van der Waals surface area contributed by atoms with E-state index in [0.717, 1.165) is 6.26 Å². The third kappa shape index (κ3) is 5.78. The van der Waals surface area contributed by atoms with Gasteiger partial charge in [0, 0.05) is 13.1 Å². The molecular formula is C16H19FN2O4S. The molecule has 6 nitrogen and oxygen atoms in total. The van der Waals surface area contributed by atoms with E-state index in [1.807, 2.05) is 0 Å². The maximum Gasteiger partial charge on any atom is 0.224 e. The Morgan fingerprint density at radius 3 is 2.54 bits per heavy atom. The molecule has 0 saturated heterocycles. The number of carbonyl (C=O) groups is 1. The van der Waals surface area contributed by atoms with E-state index >= 15 is 0 Å². The van der Waals surface area contributed by atoms with Gasteiger partial charge < -0.3 is 9.73 Å². The van der Waals surface area contributed by atoms with Crippen LogP contribution in [0.3, 0.4) is 0 Å². The van der Waals surface area contributed by atoms with Crippen molar-refractivity contribution in [1.29, 1.82) is 0 Å². The summed E-state index contributed by atoms with van der Waals surface area (Å²) in [4.78, 5) is 11.9. The van der Waals surface area contributed by atoms with Crippen LogP contribution in [0.4, 0.5) is 4.39 Å². The molecule has 24 heavy (non-hydrogen) atoms. The molecule has 0 aliphatic carbocycles. The lowest BCUT2D eigenvalue weighted by Crippen LogP contribution is -2.38. The zero-order valence-electron chi connectivity index (χ0n) is 13.2. The highest BCUT2D eigenvalue weighted by Crippen LogP contribution is 2.08. The molecule has 0 atom stereocenters. The van der Waals surface area contributed by atoms with Crippen LogP contribution in [0.25, 0.3) is 0 Å². The smallest absolute Gasteiger partial charge is 0.224 e. The molecule has 0 saturated carbocycles. The molecule has 0 aliphatic heterocycles. The summed E-state index contributed by atoms with van der Waals surface area (Å²) >= 11 is 0. The molecule has 1 amide bonds. The van der Waals surface area contributed by atoms with Gasteiger partial charge in [-0.15, -0.1) is 0 Å². The Morgan fingerprint density at radius 1 is 1.25 bits per heavy atom. The number of halogens is 1. The molecular weight excluding hydrogens is 335 g/mol. The van der Waals surface area contributed by atoms with Gasteiger partial charge >= 0.3 is 0 Å². The van der Waals surface area contributed by atoms with Crippen molar-refractivity contribution < 1.29 is 22.0 Å². The second-order valence-corrected chi connectivity index (χ2v) is 7.31. The molecule has 8 heteroatoms. The van der Waals surface area contributed by atoms with Crippen LogP contribution in [0.2, 0.25) is 0 Å². The molecule has 1 aromatic carbocycles. The fraction of sp³-hybridized carbons (Fsp3) is 0.312. The quantitative estimate of drug-likeness (QED) is 0.780. The molecule has 0 unspecified atom stereocenters. The third-order valence-corrected chi connectivity index (χ3v) is 4.59. The zero-order chi connectivity index (χ0) is 17.6. The van der Waals surface area contributed by atoms with Crippen LogP contribution < -0.4 is 5.32 Å². The number of sulfonamides is 1. The van der Waals surface area contributed by atoms with Gasteiger partial charge in [0.05, 0.1) is 25.5 Å². The van der Waals surface area contributed by atoms with Crippen molar-refractivity contribution in [1.82, 2.24) is 9.62 Å². The van der Waals surface area contributed by atoms with Gasteiger partial charge in [-0.25, -0.2) is 12.8 Å². The predicted octanol–water partition coefficient (Wildman–Crippen LogP) is 1.54. The lowest BCUT2D eigenvalue weighted by atomic mass is 10.1. The van der Waals surface area contributed by atoms with Gasteiger partial charge in [0.25, 0.3) is 0 Å². The van der Waals surface area contributed by atoms with Gasteiger partial charge in [0.1, 0.15) is 11.6 Å². The Morgan fingerprint density at radius 2 is 1.96 bits per heavy atom. The molecule has 130 valence electrons. The van der Waals surface area contributed by atoms with Crippen molar-refractivity contribution in [2.45, 2.75) is 13.0 Å². The molecule has 2 aromatic rings. The maximum atomic E-state index is 12.8. The van der Waals surface area contributed by atoms with E-state index in [4.69, 9.17) is 4.42 Å². The normalized spacial score (nSPS) is 11.6. The first-order valence-electron chi connectivity index (χ1n) is 7.33. The number of rotatable bonds is 8. The highest BCUT2D eigenvalue weighted by atomic mass is 32.2. The van der Waals surface area contributed by atoms with Crippen molar-refractivity contribution in [3.8, 4) is 0 Å². The van der Waals surface area contributed by atoms with Gasteiger partial charge in [-0.3, -0.25) is 4.79 Å². The Bertz CT molecular complexity index is 758. The van der Waals surface area contributed by atoms with Gasteiger partial charge in [0.2, 0.25) is 15.9 Å². The van der Waals surface area contributed by atoms with Crippen LogP contribution in [-0.2, 0) is 27.8 Å². The minimum atomic E-state index is -3.42. The van der Waals surface area contributed by atoms with Crippen LogP contribution >= 0.6 is 0 Å². The van der Waals surface area contributed by atoms with Crippen LogP contribution in [0.1, 0.15) is 11.3 Å². The largest absolute Gasteiger partial charge is 0.468 e. The first-order chi connectivity index (χ1) is 11.3. The molecule has 1 N–H and O–H groups in total. The average Bonchev–Trinajstić information content (AvgIpc) is 3.01. The zero-order valence-corrected chi connectivity index (χ0v) is 14.1. The van der Waals surface area contributed by atoms with E-state index in [2.05, 4.69) is 5.32 Å². The van der Waals surface area contributed by atoms with Crippen LogP contribution in [0, 0.1) is 5.82 Å². The SMILES string of the molecule is CS(=O)(=O)N(CCNC(=O)Cc1ccc(F)cc1)Cc1ccco1. The van der Waals surface area contributed by atoms with Crippen LogP contribution in [0.15, 0.2) is 47.1 Å². The van der Waals surface area contributed by atoms with Gasteiger partial charge in [0.15, 0.2) is 0 Å². The number of hydrogen-bond acceptors (Lipinski definition) is 4. The Hall–Kier alpha value is -2.19. The Balaban J connectivity index is 1.83. The maximum absolute atomic E-state index is 12.8. The first kappa shape index (κ1) is 18.2. The van der Waals surface area contributed by atoms with Gasteiger partial charge in [-0.05, 0) is 29.8 Å². The number of hydrogen-bond donors (Lipinski definition) is 1. The molecule has 1 aromatic heterocycles. The van der Waals surface area contributed by atoms with Gasteiger partial charge in [-0.1, -0.05) is 12.1 Å². The highest BCUT2D eigenvalue weighted by Gasteiger charge is 2.18. The summed E-state index contributed by atoms with van der Waals surface area (Å²) in [5.41, 5.74) is 0.685. The summed E-state index contributed by atoms with van der Waals surface area (Å²) in [6, 6.07) is 9.02. The van der Waals surface area contributed by atoms with Crippen LogP contribution in [-0.4, -0.2) is 38.0 Å². The number of nitrogens with zero attached hydrogens (tertiary/aromatic N) is 1. The molecule has 2 rings (SSSR count). The fourth-order valence-electron chi connectivity index (χ4n) is 2.11. The monoisotopic (exact) mass is 354 g/mol. The van der Waals surface area contributed by atoms with E-state index in [-0.39, 0.29) is 37.8 Å². The standard InChI is InChI=1S/C16H19FN2O4S/c1-24(21,22)19(12-15-3-2-10-23-15)9-8-18-16(20)11-13-4-6-14(17)7-5-13/h2-7,10H,8-9,11-12H2,1H3,(H,18,20). The number of nitrogens with one attached hydrogen (secondary N) is 1. The molecule has 0 bridgehead atoms. The summed E-state index contributed by atoms with van der Waals surface area (Å²) in [6.07, 6.45) is 2.69. The second kappa shape index (κ2) is 8.07. The van der Waals surface area contributed by atoms with E-state index in [1.54, 1.807) is 12.1 Å². The van der Waals surface area contributed by atoms with Crippen LogP contribution in [0.5, 0.6) is 0 Å².